The molecule has 0 radical (unpaired) electrons. The van der Waals surface area contributed by atoms with Gasteiger partial charge >= 0.3 is 6.03 Å². The first-order valence-corrected chi connectivity index (χ1v) is 9.91. The van der Waals surface area contributed by atoms with E-state index in [1.807, 2.05) is 0 Å². The molecule has 1 aliphatic heterocycles. The van der Waals surface area contributed by atoms with E-state index in [-0.39, 0.29) is 25.3 Å². The number of rotatable bonds is 6. The van der Waals surface area contributed by atoms with Crippen molar-refractivity contribution in [2.45, 2.75) is 13.0 Å². The van der Waals surface area contributed by atoms with E-state index in [1.54, 1.807) is 18.2 Å². The van der Waals surface area contributed by atoms with Crippen LogP contribution in [0.4, 0.5) is 14.9 Å². The quantitative estimate of drug-likeness (QED) is 0.561. The van der Waals surface area contributed by atoms with E-state index in [0.29, 0.717) is 47.9 Å². The van der Waals surface area contributed by atoms with Crippen LogP contribution in [0.3, 0.4) is 0 Å². The van der Waals surface area contributed by atoms with E-state index >= 15 is 0 Å². The van der Waals surface area contributed by atoms with Gasteiger partial charge in [-0.05, 0) is 42.8 Å². The van der Waals surface area contributed by atoms with Gasteiger partial charge in [0, 0.05) is 35.9 Å². The van der Waals surface area contributed by atoms with E-state index in [2.05, 4.69) is 10.3 Å². The van der Waals surface area contributed by atoms with Crippen molar-refractivity contribution in [2.24, 2.45) is 0 Å². The maximum Gasteiger partial charge on any atom is 0.322 e. The van der Waals surface area contributed by atoms with Crippen LogP contribution in [0.5, 0.6) is 11.5 Å². The summed E-state index contributed by atoms with van der Waals surface area (Å²) in [5.74, 6) is 0.766. The summed E-state index contributed by atoms with van der Waals surface area (Å²) in [6.07, 6.45) is 0.348. The van der Waals surface area contributed by atoms with E-state index in [4.69, 9.17) is 9.47 Å². The molecule has 9 heteroatoms. The Morgan fingerprint density at radius 1 is 1.13 bits per heavy atom. The Morgan fingerprint density at radius 3 is 2.55 bits per heavy atom. The normalized spacial score (nSPS) is 12.6. The third-order valence-corrected chi connectivity index (χ3v) is 4.91. The summed E-state index contributed by atoms with van der Waals surface area (Å²) in [5, 5.41) is 12.6. The van der Waals surface area contributed by atoms with Gasteiger partial charge in [0.1, 0.15) is 19.0 Å². The average molecular weight is 427 g/mol. The standard InChI is InChI=1S/C22H22FN3O5/c23-16-2-4-17(5-3-16)24-22(29)26(6-1-7-27)13-15-10-14-11-19-20(31-9-8-30-19)12-18(14)25-21(15)28/h2-5,10-12,27H,1,6-9,13H2,(H,24,29)(H,25,28). The minimum absolute atomic E-state index is 0.0345. The molecule has 0 fully saturated rings. The molecule has 0 atom stereocenters. The molecule has 1 aliphatic rings. The van der Waals surface area contributed by atoms with Crippen LogP contribution < -0.4 is 20.3 Å². The second kappa shape index (κ2) is 9.05. The molecule has 0 unspecified atom stereocenters. The van der Waals surface area contributed by atoms with Crippen LogP contribution in [0.25, 0.3) is 10.9 Å². The van der Waals surface area contributed by atoms with Crippen LogP contribution >= 0.6 is 0 Å². The van der Waals surface area contributed by atoms with Crippen LogP contribution in [0.1, 0.15) is 12.0 Å². The smallest absolute Gasteiger partial charge is 0.322 e. The molecule has 0 bridgehead atoms. The number of hydrogen-bond donors (Lipinski definition) is 3. The van der Waals surface area contributed by atoms with Gasteiger partial charge < -0.3 is 29.8 Å². The van der Waals surface area contributed by atoms with E-state index in [0.717, 1.165) is 5.39 Å². The van der Waals surface area contributed by atoms with Crippen molar-refractivity contribution >= 4 is 22.6 Å². The molecule has 2 aromatic carbocycles. The average Bonchev–Trinajstić information content (AvgIpc) is 2.77. The van der Waals surface area contributed by atoms with Crippen LogP contribution in [-0.4, -0.2) is 47.4 Å². The first-order valence-electron chi connectivity index (χ1n) is 9.91. The monoisotopic (exact) mass is 427 g/mol. The lowest BCUT2D eigenvalue weighted by molar-refractivity contribution is 0.172. The Labute approximate surface area is 177 Å². The third kappa shape index (κ3) is 4.77. The molecular weight excluding hydrogens is 405 g/mol. The highest BCUT2D eigenvalue weighted by Gasteiger charge is 2.18. The summed E-state index contributed by atoms with van der Waals surface area (Å²) in [5.41, 5.74) is 1.09. The molecule has 1 aromatic heterocycles. The van der Waals surface area contributed by atoms with Gasteiger partial charge in [-0.25, -0.2) is 9.18 Å². The number of aliphatic hydroxyl groups excluding tert-OH is 1. The third-order valence-electron chi connectivity index (χ3n) is 4.91. The molecule has 0 spiro atoms. The zero-order chi connectivity index (χ0) is 21.8. The highest BCUT2D eigenvalue weighted by molar-refractivity contribution is 5.89. The number of anilines is 1. The molecule has 162 valence electrons. The predicted molar refractivity (Wildman–Crippen MR) is 113 cm³/mol. The number of carbonyl (C=O) groups is 1. The fraction of sp³-hybridized carbons (Fsp3) is 0.273. The van der Waals surface area contributed by atoms with Crippen LogP contribution in [0, 0.1) is 5.82 Å². The topological polar surface area (TPSA) is 104 Å². The number of aliphatic hydroxyl groups is 1. The number of fused-ring (bicyclic) bond motifs is 2. The van der Waals surface area contributed by atoms with Crippen molar-refractivity contribution in [1.29, 1.82) is 0 Å². The summed E-state index contributed by atoms with van der Waals surface area (Å²) in [6, 6.07) is 10.2. The van der Waals surface area contributed by atoms with Crippen LogP contribution in [-0.2, 0) is 6.54 Å². The number of H-pyrrole nitrogens is 1. The lowest BCUT2D eigenvalue weighted by atomic mass is 10.1. The number of pyridine rings is 1. The number of benzene rings is 2. The zero-order valence-corrected chi connectivity index (χ0v) is 16.7. The van der Waals surface area contributed by atoms with Gasteiger partial charge in [-0.3, -0.25) is 4.79 Å². The molecule has 0 saturated carbocycles. The maximum atomic E-state index is 13.1. The Hall–Kier alpha value is -3.59. The van der Waals surface area contributed by atoms with Crippen molar-refractivity contribution in [3.8, 4) is 11.5 Å². The van der Waals surface area contributed by atoms with Gasteiger partial charge in [-0.15, -0.1) is 0 Å². The molecule has 8 nitrogen and oxygen atoms in total. The van der Waals surface area contributed by atoms with Crippen molar-refractivity contribution in [2.75, 3.05) is 31.7 Å². The lowest BCUT2D eigenvalue weighted by Crippen LogP contribution is -2.37. The van der Waals surface area contributed by atoms with Gasteiger partial charge in [0.25, 0.3) is 5.56 Å². The molecule has 0 aliphatic carbocycles. The fourth-order valence-electron chi connectivity index (χ4n) is 3.36. The van der Waals surface area contributed by atoms with Crippen LogP contribution in [0.15, 0.2) is 47.3 Å². The van der Waals surface area contributed by atoms with E-state index < -0.39 is 11.8 Å². The molecule has 2 heterocycles. The van der Waals surface area contributed by atoms with Gasteiger partial charge in [0.05, 0.1) is 12.1 Å². The maximum absolute atomic E-state index is 13.1. The van der Waals surface area contributed by atoms with Gasteiger partial charge in [-0.1, -0.05) is 0 Å². The number of aromatic amines is 1. The minimum atomic E-state index is -0.457. The number of nitrogens with zero attached hydrogens (tertiary/aromatic N) is 1. The van der Waals surface area contributed by atoms with Gasteiger partial charge in [-0.2, -0.15) is 0 Å². The second-order valence-electron chi connectivity index (χ2n) is 7.14. The molecule has 3 aromatic rings. The van der Waals surface area contributed by atoms with Crippen molar-refractivity contribution in [3.63, 3.8) is 0 Å². The van der Waals surface area contributed by atoms with Crippen molar-refractivity contribution < 1.29 is 23.8 Å². The molecule has 0 saturated heterocycles. The van der Waals surface area contributed by atoms with E-state index in [1.165, 1.54) is 29.2 Å². The first kappa shape index (κ1) is 20.7. The zero-order valence-electron chi connectivity index (χ0n) is 16.7. The van der Waals surface area contributed by atoms with Gasteiger partial charge in [0.2, 0.25) is 0 Å². The van der Waals surface area contributed by atoms with Crippen molar-refractivity contribution in [1.82, 2.24) is 9.88 Å². The van der Waals surface area contributed by atoms with Crippen LogP contribution in [0.2, 0.25) is 0 Å². The summed E-state index contributed by atoms with van der Waals surface area (Å²) in [6.45, 7) is 1.07. The largest absolute Gasteiger partial charge is 0.486 e. The number of aromatic nitrogens is 1. The number of nitrogens with one attached hydrogen (secondary N) is 2. The fourth-order valence-corrected chi connectivity index (χ4v) is 3.36. The minimum Gasteiger partial charge on any atom is -0.486 e. The molecular formula is C22H22FN3O5. The van der Waals surface area contributed by atoms with Crippen molar-refractivity contribution in [3.05, 3.63) is 64.2 Å². The molecule has 4 rings (SSSR count). The number of amides is 2. The Balaban J connectivity index is 1.59. The summed E-state index contributed by atoms with van der Waals surface area (Å²) in [7, 11) is 0. The summed E-state index contributed by atoms with van der Waals surface area (Å²) < 4.78 is 24.3. The first-order chi connectivity index (χ1) is 15.0. The summed E-state index contributed by atoms with van der Waals surface area (Å²) in [4.78, 5) is 29.7. The number of carbonyl (C=O) groups excluding carboxylic acids is 1. The molecule has 31 heavy (non-hydrogen) atoms. The Kier molecular flexibility index (Phi) is 6.03. The Morgan fingerprint density at radius 2 is 1.84 bits per heavy atom. The second-order valence-corrected chi connectivity index (χ2v) is 7.14. The number of ether oxygens (including phenoxy) is 2. The Bertz CT molecular complexity index is 1150. The van der Waals surface area contributed by atoms with E-state index in [9.17, 15) is 19.1 Å². The number of hydrogen-bond acceptors (Lipinski definition) is 5. The molecule has 2 amide bonds. The highest BCUT2D eigenvalue weighted by atomic mass is 19.1. The SMILES string of the molecule is O=C(Nc1ccc(F)cc1)N(CCCO)Cc1cc2cc3c(cc2[nH]c1=O)OCCO3. The number of halogens is 1. The van der Waals surface area contributed by atoms with Gasteiger partial charge in [0.15, 0.2) is 11.5 Å². The molecule has 3 N–H and O–H groups in total. The lowest BCUT2D eigenvalue weighted by Gasteiger charge is -2.23. The summed E-state index contributed by atoms with van der Waals surface area (Å²) >= 11 is 0. The highest BCUT2D eigenvalue weighted by Crippen LogP contribution is 2.33. The number of urea groups is 1. The predicted octanol–water partition coefficient (Wildman–Crippen LogP) is 2.85.